The van der Waals surface area contributed by atoms with Crippen LogP contribution in [0.25, 0.3) is 21.1 Å². The molecule has 2 fully saturated rings. The van der Waals surface area contributed by atoms with Gasteiger partial charge in [-0.05, 0) is 55.2 Å². The van der Waals surface area contributed by atoms with Crippen LogP contribution in [0.3, 0.4) is 0 Å². The Kier molecular flexibility index (Phi) is 8.81. The SMILES string of the molecule is C=CC(=O)NC1CN(CCn2c(C#N)cc3c(C)c(CN4CCC(Nc5ncnc6sc(CC(F)(F)F)cc56)CC4)ccc32)C1. The number of benzene rings is 1. The average molecular weight is 637 g/mol. The molecule has 0 saturated carbocycles. The molecular weight excluding hydrogens is 601 g/mol. The van der Waals surface area contributed by atoms with Crippen molar-refractivity contribution in [1.82, 2.24) is 29.7 Å². The molecule has 0 aliphatic carbocycles. The third-order valence-corrected chi connectivity index (χ3v) is 9.83. The Labute approximate surface area is 263 Å². The van der Waals surface area contributed by atoms with E-state index in [0.717, 1.165) is 74.3 Å². The molecule has 9 nitrogen and oxygen atoms in total. The number of nitrogens with one attached hydrogen (secondary N) is 2. The number of rotatable bonds is 10. The van der Waals surface area contributed by atoms with Crippen LogP contribution in [0.2, 0.25) is 0 Å². The topological polar surface area (TPSA) is 102 Å². The molecule has 4 aromatic rings. The van der Waals surface area contributed by atoms with E-state index < -0.39 is 12.6 Å². The third kappa shape index (κ3) is 6.98. The van der Waals surface area contributed by atoms with Gasteiger partial charge in [0, 0.05) is 67.6 Å². The van der Waals surface area contributed by atoms with E-state index in [1.807, 2.05) is 6.07 Å². The molecule has 2 N–H and O–H groups in total. The number of hydrogen-bond acceptors (Lipinski definition) is 8. The van der Waals surface area contributed by atoms with Crippen molar-refractivity contribution in [2.45, 2.75) is 57.5 Å². The van der Waals surface area contributed by atoms with Crippen molar-refractivity contribution < 1.29 is 18.0 Å². The van der Waals surface area contributed by atoms with Gasteiger partial charge in [0.2, 0.25) is 5.91 Å². The van der Waals surface area contributed by atoms with Gasteiger partial charge in [0.1, 0.15) is 28.7 Å². The molecule has 0 atom stereocenters. The molecule has 2 saturated heterocycles. The number of carbonyl (C=O) groups excluding carboxylic acids is 1. The summed E-state index contributed by atoms with van der Waals surface area (Å²) in [6.45, 7) is 11.2. The number of hydrogen-bond donors (Lipinski definition) is 2. The Morgan fingerprint density at radius 3 is 2.62 bits per heavy atom. The summed E-state index contributed by atoms with van der Waals surface area (Å²) >= 11 is 1.06. The summed E-state index contributed by atoms with van der Waals surface area (Å²) in [4.78, 5) is 25.5. The number of likely N-dealkylation sites (tertiary alicyclic amines) is 2. The average Bonchev–Trinajstić information content (AvgIpc) is 3.56. The molecule has 0 radical (unpaired) electrons. The van der Waals surface area contributed by atoms with Crippen molar-refractivity contribution in [3.63, 3.8) is 0 Å². The lowest BCUT2D eigenvalue weighted by Gasteiger charge is -2.39. The molecule has 0 bridgehead atoms. The molecule has 6 rings (SSSR count). The first-order chi connectivity index (χ1) is 21.6. The number of halogens is 3. The molecule has 3 aromatic heterocycles. The van der Waals surface area contributed by atoms with Gasteiger partial charge in [-0.3, -0.25) is 14.6 Å². The highest BCUT2D eigenvalue weighted by Gasteiger charge is 2.30. The van der Waals surface area contributed by atoms with Gasteiger partial charge in [0.25, 0.3) is 0 Å². The minimum absolute atomic E-state index is 0.141. The number of anilines is 1. The minimum atomic E-state index is -4.26. The van der Waals surface area contributed by atoms with Crippen LogP contribution in [0.1, 0.15) is 34.5 Å². The van der Waals surface area contributed by atoms with Crippen molar-refractivity contribution in [3.8, 4) is 6.07 Å². The minimum Gasteiger partial charge on any atom is -0.367 e. The second kappa shape index (κ2) is 12.8. The van der Waals surface area contributed by atoms with E-state index in [9.17, 15) is 23.2 Å². The van der Waals surface area contributed by atoms with E-state index in [-0.39, 0.29) is 22.9 Å². The summed E-state index contributed by atoms with van der Waals surface area (Å²) in [6, 6.07) is 10.5. The van der Waals surface area contributed by atoms with Gasteiger partial charge < -0.3 is 15.2 Å². The van der Waals surface area contributed by atoms with E-state index in [2.05, 4.69) is 66.7 Å². The Morgan fingerprint density at radius 2 is 1.91 bits per heavy atom. The van der Waals surface area contributed by atoms with Gasteiger partial charge in [-0.1, -0.05) is 12.6 Å². The fourth-order valence-electron chi connectivity index (χ4n) is 6.35. The van der Waals surface area contributed by atoms with E-state index in [4.69, 9.17) is 0 Å². The molecule has 2 aliphatic heterocycles. The molecule has 1 amide bonds. The number of fused-ring (bicyclic) bond motifs is 2. The standard InChI is InChI=1S/C32H35F3N8OS/c1-3-29(44)39-23-17-42(18-23)10-11-43-24(15-36)12-26-20(2)21(4-5-28(26)43)16-41-8-6-22(7-9-41)40-30-27-13-25(14-32(33,34)35)45-31(27)38-19-37-30/h3-5,12-13,19,22-23H,1,6-11,14,16-18H2,2H3,(H,39,44)(H,37,38,40). The summed E-state index contributed by atoms with van der Waals surface area (Å²) in [6.07, 6.45) is -0.754. The summed E-state index contributed by atoms with van der Waals surface area (Å²) in [5, 5.41) is 18.0. The Hall–Kier alpha value is -3.99. The quantitative estimate of drug-likeness (QED) is 0.237. The van der Waals surface area contributed by atoms with E-state index in [1.54, 1.807) is 6.07 Å². The molecule has 236 valence electrons. The summed E-state index contributed by atoms with van der Waals surface area (Å²) in [7, 11) is 0. The summed E-state index contributed by atoms with van der Waals surface area (Å²) in [5.74, 6) is 0.442. The van der Waals surface area contributed by atoms with Gasteiger partial charge in [0.05, 0.1) is 17.8 Å². The number of carbonyl (C=O) groups is 1. The maximum absolute atomic E-state index is 12.9. The molecule has 13 heteroatoms. The van der Waals surface area contributed by atoms with Gasteiger partial charge in [0.15, 0.2) is 0 Å². The van der Waals surface area contributed by atoms with Crippen LogP contribution < -0.4 is 10.6 Å². The van der Waals surface area contributed by atoms with Gasteiger partial charge in [-0.2, -0.15) is 18.4 Å². The number of amides is 1. The number of alkyl halides is 3. The third-order valence-electron chi connectivity index (χ3n) is 8.79. The Morgan fingerprint density at radius 1 is 1.13 bits per heavy atom. The van der Waals surface area contributed by atoms with Crippen molar-refractivity contribution in [3.05, 3.63) is 64.9 Å². The number of aromatic nitrogens is 3. The fourth-order valence-corrected chi connectivity index (χ4v) is 7.37. The number of aryl methyl sites for hydroxylation is 1. The van der Waals surface area contributed by atoms with Crippen LogP contribution in [0, 0.1) is 18.3 Å². The van der Waals surface area contributed by atoms with Crippen molar-refractivity contribution >= 4 is 44.2 Å². The van der Waals surface area contributed by atoms with Crippen LogP contribution in [-0.2, 0) is 24.3 Å². The predicted octanol–water partition coefficient (Wildman–Crippen LogP) is 4.99. The van der Waals surface area contributed by atoms with Crippen LogP contribution in [0.4, 0.5) is 19.0 Å². The zero-order chi connectivity index (χ0) is 31.7. The predicted molar refractivity (Wildman–Crippen MR) is 169 cm³/mol. The maximum atomic E-state index is 12.9. The molecule has 0 unspecified atom stereocenters. The van der Waals surface area contributed by atoms with Crippen molar-refractivity contribution in [1.29, 1.82) is 5.26 Å². The second-order valence-electron chi connectivity index (χ2n) is 11.9. The lowest BCUT2D eigenvalue weighted by Crippen LogP contribution is -2.59. The zero-order valence-electron chi connectivity index (χ0n) is 25.0. The lowest BCUT2D eigenvalue weighted by molar-refractivity contribution is -0.126. The normalized spacial score (nSPS) is 17.0. The van der Waals surface area contributed by atoms with Gasteiger partial charge in [-0.25, -0.2) is 9.97 Å². The second-order valence-corrected chi connectivity index (χ2v) is 13.0. The smallest absolute Gasteiger partial charge is 0.367 e. The number of nitriles is 1. The number of thiophene rings is 1. The van der Waals surface area contributed by atoms with Gasteiger partial charge >= 0.3 is 6.18 Å². The van der Waals surface area contributed by atoms with Crippen molar-refractivity contribution in [2.75, 3.05) is 38.0 Å². The first-order valence-corrected chi connectivity index (χ1v) is 15.9. The highest BCUT2D eigenvalue weighted by molar-refractivity contribution is 7.18. The maximum Gasteiger partial charge on any atom is 0.393 e. The molecule has 5 heterocycles. The Balaban J connectivity index is 1.05. The first-order valence-electron chi connectivity index (χ1n) is 15.1. The summed E-state index contributed by atoms with van der Waals surface area (Å²) in [5.41, 5.74) is 4.10. The molecular formula is C32H35F3N8OS. The highest BCUT2D eigenvalue weighted by Crippen LogP contribution is 2.33. The lowest BCUT2D eigenvalue weighted by atomic mass is 10.0. The molecule has 2 aliphatic rings. The fraction of sp³-hybridized carbons (Fsp3) is 0.438. The first kappa shape index (κ1) is 31.0. The molecule has 0 spiro atoms. The van der Waals surface area contributed by atoms with E-state index >= 15 is 0 Å². The van der Waals surface area contributed by atoms with Crippen LogP contribution >= 0.6 is 11.3 Å². The highest BCUT2D eigenvalue weighted by atomic mass is 32.1. The zero-order valence-corrected chi connectivity index (χ0v) is 25.8. The van der Waals surface area contributed by atoms with E-state index in [0.29, 0.717) is 28.3 Å². The van der Waals surface area contributed by atoms with Crippen LogP contribution in [-0.4, -0.2) is 81.2 Å². The number of nitrogens with zero attached hydrogens (tertiary/aromatic N) is 6. The van der Waals surface area contributed by atoms with Gasteiger partial charge in [-0.15, -0.1) is 11.3 Å². The molecule has 1 aromatic carbocycles. The van der Waals surface area contributed by atoms with Crippen LogP contribution in [0.15, 0.2) is 43.2 Å². The number of piperidine rings is 1. The molecule has 45 heavy (non-hydrogen) atoms. The van der Waals surface area contributed by atoms with E-state index in [1.165, 1.54) is 23.5 Å². The Bertz CT molecular complexity index is 1760. The van der Waals surface area contributed by atoms with Crippen molar-refractivity contribution in [2.24, 2.45) is 0 Å². The largest absolute Gasteiger partial charge is 0.393 e. The summed E-state index contributed by atoms with van der Waals surface area (Å²) < 4.78 is 40.8. The monoisotopic (exact) mass is 636 g/mol. The van der Waals surface area contributed by atoms with Crippen LogP contribution in [0.5, 0.6) is 0 Å².